The summed E-state index contributed by atoms with van der Waals surface area (Å²) in [5.41, 5.74) is 2.45. The number of rotatable bonds is 3. The summed E-state index contributed by atoms with van der Waals surface area (Å²) >= 11 is 0. The van der Waals surface area contributed by atoms with Crippen LogP contribution in [0.4, 0.5) is 0 Å². The minimum absolute atomic E-state index is 0.469. The fraction of sp³-hybridized carbons (Fsp3) is 0.643. The summed E-state index contributed by atoms with van der Waals surface area (Å²) in [5, 5.41) is 3.31. The number of piperidine rings is 1. The lowest BCUT2D eigenvalue weighted by atomic mass is 9.87. The van der Waals surface area contributed by atoms with Gasteiger partial charge >= 0.3 is 0 Å². The summed E-state index contributed by atoms with van der Waals surface area (Å²) in [5.74, 6) is 0.675. The Balaban J connectivity index is 2.21. The highest BCUT2D eigenvalue weighted by atomic mass is 15.2. The zero-order chi connectivity index (χ0) is 12.3. The van der Waals surface area contributed by atoms with Gasteiger partial charge < -0.3 is 5.32 Å². The van der Waals surface area contributed by atoms with Crippen LogP contribution in [0.2, 0.25) is 0 Å². The molecule has 1 saturated heterocycles. The summed E-state index contributed by atoms with van der Waals surface area (Å²) in [6.45, 7) is 4.34. The van der Waals surface area contributed by atoms with Crippen molar-refractivity contribution in [2.75, 3.05) is 27.2 Å². The quantitative estimate of drug-likeness (QED) is 0.865. The molecule has 1 aromatic heterocycles. The van der Waals surface area contributed by atoms with Gasteiger partial charge in [0.05, 0.1) is 11.7 Å². The molecule has 2 unspecified atom stereocenters. The van der Waals surface area contributed by atoms with Gasteiger partial charge in [-0.05, 0) is 64.5 Å². The zero-order valence-corrected chi connectivity index (χ0v) is 11.1. The van der Waals surface area contributed by atoms with Crippen LogP contribution in [-0.2, 0) is 0 Å². The molecule has 3 nitrogen and oxygen atoms in total. The summed E-state index contributed by atoms with van der Waals surface area (Å²) in [7, 11) is 4.25. The van der Waals surface area contributed by atoms with Crippen molar-refractivity contribution in [1.29, 1.82) is 0 Å². The van der Waals surface area contributed by atoms with Crippen molar-refractivity contribution in [2.45, 2.75) is 25.8 Å². The van der Waals surface area contributed by atoms with Crippen molar-refractivity contribution in [2.24, 2.45) is 5.92 Å². The van der Waals surface area contributed by atoms with Crippen LogP contribution in [0.5, 0.6) is 0 Å². The minimum Gasteiger partial charge on any atom is -0.319 e. The lowest BCUT2D eigenvalue weighted by Crippen LogP contribution is -2.40. The molecule has 94 valence electrons. The molecule has 0 aromatic carbocycles. The highest BCUT2D eigenvalue weighted by Crippen LogP contribution is 2.33. The summed E-state index contributed by atoms with van der Waals surface area (Å²) in [4.78, 5) is 7.06. The average molecular weight is 233 g/mol. The smallest absolute Gasteiger partial charge is 0.0578 e. The zero-order valence-electron chi connectivity index (χ0n) is 11.1. The van der Waals surface area contributed by atoms with Crippen molar-refractivity contribution in [1.82, 2.24) is 15.2 Å². The lowest BCUT2D eigenvalue weighted by Gasteiger charge is -2.38. The second-order valence-corrected chi connectivity index (χ2v) is 5.15. The van der Waals surface area contributed by atoms with Gasteiger partial charge in [-0.2, -0.15) is 0 Å². The van der Waals surface area contributed by atoms with Crippen LogP contribution in [-0.4, -0.2) is 37.1 Å². The van der Waals surface area contributed by atoms with Gasteiger partial charge in [-0.25, -0.2) is 0 Å². The Morgan fingerprint density at radius 3 is 2.94 bits per heavy atom. The number of aryl methyl sites for hydroxylation is 1. The minimum atomic E-state index is 0.469. The number of aromatic nitrogens is 1. The van der Waals surface area contributed by atoms with E-state index in [4.69, 9.17) is 0 Å². The van der Waals surface area contributed by atoms with E-state index in [-0.39, 0.29) is 0 Å². The summed E-state index contributed by atoms with van der Waals surface area (Å²) < 4.78 is 0. The average Bonchev–Trinajstić information content (AvgIpc) is 2.32. The van der Waals surface area contributed by atoms with Crippen molar-refractivity contribution < 1.29 is 0 Å². The first kappa shape index (κ1) is 12.5. The molecular formula is C14H23N3. The fourth-order valence-corrected chi connectivity index (χ4v) is 2.86. The topological polar surface area (TPSA) is 28.2 Å². The van der Waals surface area contributed by atoms with Crippen LogP contribution in [0.25, 0.3) is 0 Å². The monoisotopic (exact) mass is 233 g/mol. The second kappa shape index (κ2) is 5.61. The van der Waals surface area contributed by atoms with Gasteiger partial charge in [0, 0.05) is 6.20 Å². The molecule has 1 aromatic rings. The van der Waals surface area contributed by atoms with E-state index in [2.05, 4.69) is 41.3 Å². The van der Waals surface area contributed by atoms with E-state index >= 15 is 0 Å². The maximum absolute atomic E-state index is 4.62. The number of hydrogen-bond donors (Lipinski definition) is 1. The standard InChI is InChI=1S/C14H23N3/c1-11-6-7-13(16-9-11)14-12(10-15-2)5-4-8-17(14)3/h6-7,9,12,14-15H,4-5,8,10H2,1-3H3. The molecule has 0 saturated carbocycles. The number of nitrogens with one attached hydrogen (secondary N) is 1. The molecule has 3 heteroatoms. The molecule has 17 heavy (non-hydrogen) atoms. The van der Waals surface area contributed by atoms with E-state index in [0.717, 1.165) is 6.54 Å². The molecule has 1 aliphatic heterocycles. The molecular weight excluding hydrogens is 210 g/mol. The van der Waals surface area contributed by atoms with Gasteiger partial charge in [-0.3, -0.25) is 9.88 Å². The van der Waals surface area contributed by atoms with Gasteiger partial charge in [-0.15, -0.1) is 0 Å². The van der Waals surface area contributed by atoms with Gasteiger partial charge in [0.1, 0.15) is 0 Å². The van der Waals surface area contributed by atoms with Gasteiger partial charge in [-0.1, -0.05) is 6.07 Å². The maximum Gasteiger partial charge on any atom is 0.0578 e. The first-order chi connectivity index (χ1) is 8.22. The third-order valence-corrected chi connectivity index (χ3v) is 3.71. The van der Waals surface area contributed by atoms with Crippen LogP contribution in [0.1, 0.15) is 30.1 Å². The Bertz CT molecular complexity index is 345. The Hall–Kier alpha value is -0.930. The molecule has 2 atom stereocenters. The summed E-state index contributed by atoms with van der Waals surface area (Å²) in [6.07, 6.45) is 4.57. The SMILES string of the molecule is CNCC1CCCN(C)C1c1ccc(C)cn1. The molecule has 1 aliphatic rings. The first-order valence-electron chi connectivity index (χ1n) is 6.49. The van der Waals surface area contributed by atoms with Crippen LogP contribution in [0.3, 0.4) is 0 Å². The molecule has 0 amide bonds. The number of likely N-dealkylation sites (tertiary alicyclic amines) is 1. The van der Waals surface area contributed by atoms with E-state index in [0.29, 0.717) is 12.0 Å². The van der Waals surface area contributed by atoms with Crippen LogP contribution < -0.4 is 5.32 Å². The van der Waals surface area contributed by atoms with E-state index < -0.39 is 0 Å². The molecule has 0 spiro atoms. The largest absolute Gasteiger partial charge is 0.319 e. The molecule has 2 rings (SSSR count). The van der Waals surface area contributed by atoms with E-state index in [1.807, 2.05) is 13.2 Å². The third-order valence-electron chi connectivity index (χ3n) is 3.71. The molecule has 1 N–H and O–H groups in total. The van der Waals surface area contributed by atoms with E-state index in [1.165, 1.54) is 30.6 Å². The van der Waals surface area contributed by atoms with Crippen molar-refractivity contribution in [3.8, 4) is 0 Å². The van der Waals surface area contributed by atoms with Gasteiger partial charge in [0.15, 0.2) is 0 Å². The maximum atomic E-state index is 4.62. The second-order valence-electron chi connectivity index (χ2n) is 5.15. The van der Waals surface area contributed by atoms with E-state index in [9.17, 15) is 0 Å². The first-order valence-corrected chi connectivity index (χ1v) is 6.49. The van der Waals surface area contributed by atoms with E-state index in [1.54, 1.807) is 0 Å². The number of pyridine rings is 1. The van der Waals surface area contributed by atoms with Crippen LogP contribution >= 0.6 is 0 Å². The highest BCUT2D eigenvalue weighted by Gasteiger charge is 2.30. The molecule has 0 bridgehead atoms. The lowest BCUT2D eigenvalue weighted by molar-refractivity contribution is 0.117. The number of nitrogens with zero attached hydrogens (tertiary/aromatic N) is 2. The predicted molar refractivity (Wildman–Crippen MR) is 71.0 cm³/mol. The molecule has 0 radical (unpaired) electrons. The van der Waals surface area contributed by atoms with Crippen molar-refractivity contribution >= 4 is 0 Å². The summed E-state index contributed by atoms with van der Waals surface area (Å²) in [6, 6.07) is 4.82. The van der Waals surface area contributed by atoms with Crippen LogP contribution in [0.15, 0.2) is 18.3 Å². The molecule has 1 fully saturated rings. The Morgan fingerprint density at radius 1 is 1.47 bits per heavy atom. The predicted octanol–water partition coefficient (Wildman–Crippen LogP) is 1.99. The Labute approximate surface area is 104 Å². The fourth-order valence-electron chi connectivity index (χ4n) is 2.86. The van der Waals surface area contributed by atoms with Crippen molar-refractivity contribution in [3.63, 3.8) is 0 Å². The van der Waals surface area contributed by atoms with Crippen LogP contribution in [0, 0.1) is 12.8 Å². The number of hydrogen-bond acceptors (Lipinski definition) is 3. The molecule has 0 aliphatic carbocycles. The van der Waals surface area contributed by atoms with Crippen molar-refractivity contribution in [3.05, 3.63) is 29.6 Å². The Kier molecular flexibility index (Phi) is 4.13. The molecule has 2 heterocycles. The van der Waals surface area contributed by atoms with Gasteiger partial charge in [0.25, 0.3) is 0 Å². The third kappa shape index (κ3) is 2.85. The normalized spacial score (nSPS) is 26.1. The van der Waals surface area contributed by atoms with Gasteiger partial charge in [0.2, 0.25) is 0 Å². The highest BCUT2D eigenvalue weighted by molar-refractivity contribution is 5.16. The Morgan fingerprint density at radius 2 is 2.29 bits per heavy atom.